The Hall–Kier alpha value is -2.37. The van der Waals surface area contributed by atoms with Gasteiger partial charge in [-0.15, -0.1) is 0 Å². The molecule has 1 aromatic carbocycles. The Labute approximate surface area is 159 Å². The molecule has 1 atom stereocenters. The number of nitrogens with zero attached hydrogens (tertiary/aromatic N) is 1. The number of rotatable bonds is 5. The Bertz CT molecular complexity index is 755. The Morgan fingerprint density at radius 1 is 1.19 bits per heavy atom. The molecule has 0 aromatic heterocycles. The van der Waals surface area contributed by atoms with Gasteiger partial charge in [0.2, 0.25) is 5.91 Å². The molecular weight excluding hydrogens is 342 g/mol. The molecule has 3 aliphatic rings. The number of carbonyl (C=O) groups is 3. The van der Waals surface area contributed by atoms with E-state index in [1.807, 2.05) is 12.1 Å². The molecule has 2 fully saturated rings. The predicted octanol–water partition coefficient (Wildman–Crippen LogP) is 2.83. The fraction of sp³-hybridized carbons (Fsp3) is 0.571. The second-order valence-electron chi connectivity index (χ2n) is 7.99. The van der Waals surface area contributed by atoms with Gasteiger partial charge < -0.3 is 10.6 Å². The van der Waals surface area contributed by atoms with Crippen molar-refractivity contribution in [3.05, 3.63) is 35.4 Å². The van der Waals surface area contributed by atoms with Crippen LogP contribution in [0.1, 0.15) is 68.5 Å². The number of carbonyl (C=O) groups excluding carboxylic acids is 3. The van der Waals surface area contributed by atoms with Gasteiger partial charge in [-0.1, -0.05) is 37.1 Å². The molecule has 1 unspecified atom stereocenters. The number of hydrogen-bond acceptors (Lipinski definition) is 3. The van der Waals surface area contributed by atoms with Gasteiger partial charge in [0.05, 0.1) is 6.04 Å². The van der Waals surface area contributed by atoms with Gasteiger partial charge in [-0.2, -0.15) is 0 Å². The summed E-state index contributed by atoms with van der Waals surface area (Å²) in [6, 6.07) is 8.04. The first-order chi connectivity index (χ1) is 13.1. The highest BCUT2D eigenvalue weighted by atomic mass is 16.2. The van der Waals surface area contributed by atoms with Crippen LogP contribution in [-0.2, 0) is 16.0 Å². The maximum atomic E-state index is 12.6. The molecule has 1 aromatic rings. The summed E-state index contributed by atoms with van der Waals surface area (Å²) in [5.41, 5.74) is 1.87. The van der Waals surface area contributed by atoms with Crippen LogP contribution in [0.3, 0.4) is 0 Å². The van der Waals surface area contributed by atoms with Crippen molar-refractivity contribution < 1.29 is 14.4 Å². The van der Waals surface area contributed by atoms with Gasteiger partial charge in [-0.25, -0.2) is 4.79 Å². The molecule has 144 valence electrons. The molecule has 2 aliphatic carbocycles. The topological polar surface area (TPSA) is 78.5 Å². The SMILES string of the molecule is O=C(CCCN1C(=O)NC2(CCCC2)C1=O)NC1CCCc2ccccc21. The Morgan fingerprint density at radius 3 is 2.78 bits per heavy atom. The third-order valence-corrected chi connectivity index (χ3v) is 6.19. The fourth-order valence-corrected chi connectivity index (χ4v) is 4.76. The van der Waals surface area contributed by atoms with Crippen LogP contribution in [0.15, 0.2) is 24.3 Å². The van der Waals surface area contributed by atoms with E-state index < -0.39 is 5.54 Å². The van der Waals surface area contributed by atoms with Crippen LogP contribution in [0.5, 0.6) is 0 Å². The minimum Gasteiger partial charge on any atom is -0.349 e. The van der Waals surface area contributed by atoms with E-state index in [4.69, 9.17) is 0 Å². The van der Waals surface area contributed by atoms with Gasteiger partial charge in [0.25, 0.3) is 5.91 Å². The second kappa shape index (κ2) is 7.33. The summed E-state index contributed by atoms with van der Waals surface area (Å²) in [6.45, 7) is 0.307. The van der Waals surface area contributed by atoms with Crippen LogP contribution in [0.4, 0.5) is 4.79 Å². The van der Waals surface area contributed by atoms with Crippen molar-refractivity contribution in [2.75, 3.05) is 6.54 Å². The van der Waals surface area contributed by atoms with Gasteiger partial charge >= 0.3 is 6.03 Å². The van der Waals surface area contributed by atoms with E-state index in [-0.39, 0.29) is 23.9 Å². The Kier molecular flexibility index (Phi) is 4.89. The van der Waals surface area contributed by atoms with Gasteiger partial charge in [0.15, 0.2) is 0 Å². The number of amides is 4. The number of fused-ring (bicyclic) bond motifs is 1. The van der Waals surface area contributed by atoms with Gasteiger partial charge in [-0.3, -0.25) is 14.5 Å². The normalized spacial score (nSPS) is 23.4. The summed E-state index contributed by atoms with van der Waals surface area (Å²) in [6.07, 6.45) is 7.33. The van der Waals surface area contributed by atoms with E-state index in [1.54, 1.807) is 0 Å². The molecule has 0 radical (unpaired) electrons. The number of urea groups is 1. The van der Waals surface area contributed by atoms with E-state index >= 15 is 0 Å². The van der Waals surface area contributed by atoms with Crippen LogP contribution in [0, 0.1) is 0 Å². The predicted molar refractivity (Wildman–Crippen MR) is 101 cm³/mol. The number of imide groups is 1. The van der Waals surface area contributed by atoms with Gasteiger partial charge in [-0.05, 0) is 49.7 Å². The van der Waals surface area contributed by atoms with E-state index in [9.17, 15) is 14.4 Å². The quantitative estimate of drug-likeness (QED) is 0.784. The highest BCUT2D eigenvalue weighted by Gasteiger charge is 2.52. The monoisotopic (exact) mass is 369 g/mol. The van der Waals surface area contributed by atoms with Crippen LogP contribution in [-0.4, -0.2) is 34.8 Å². The molecule has 1 saturated heterocycles. The standard InChI is InChI=1S/C21H27N3O3/c25-18(22-17-10-5-8-15-7-1-2-9-16(15)17)11-6-14-24-19(26)21(23-20(24)27)12-3-4-13-21/h1-2,7,9,17H,3-6,8,10-14H2,(H,22,25)(H,23,27). The van der Waals surface area contributed by atoms with Gasteiger partial charge in [0.1, 0.15) is 5.54 Å². The molecule has 6 nitrogen and oxygen atoms in total. The van der Waals surface area contributed by atoms with Crippen LogP contribution < -0.4 is 10.6 Å². The number of benzene rings is 1. The summed E-state index contributed by atoms with van der Waals surface area (Å²) >= 11 is 0. The maximum absolute atomic E-state index is 12.6. The summed E-state index contributed by atoms with van der Waals surface area (Å²) in [5.74, 6) is -0.119. The van der Waals surface area contributed by atoms with E-state index in [0.29, 0.717) is 19.4 Å². The zero-order valence-corrected chi connectivity index (χ0v) is 15.6. The first-order valence-corrected chi connectivity index (χ1v) is 10.1. The lowest BCUT2D eigenvalue weighted by Gasteiger charge is -2.26. The molecule has 27 heavy (non-hydrogen) atoms. The highest BCUT2D eigenvalue weighted by molar-refractivity contribution is 6.07. The van der Waals surface area contributed by atoms with Crippen LogP contribution >= 0.6 is 0 Å². The zero-order chi connectivity index (χ0) is 18.9. The van der Waals surface area contributed by atoms with Crippen molar-refractivity contribution in [3.8, 4) is 0 Å². The molecule has 4 amide bonds. The summed E-state index contributed by atoms with van der Waals surface area (Å²) < 4.78 is 0. The van der Waals surface area contributed by atoms with Crippen LogP contribution in [0.2, 0.25) is 0 Å². The smallest absolute Gasteiger partial charge is 0.325 e. The fourth-order valence-electron chi connectivity index (χ4n) is 4.76. The average molecular weight is 369 g/mol. The Balaban J connectivity index is 1.28. The summed E-state index contributed by atoms with van der Waals surface area (Å²) in [4.78, 5) is 38.5. The van der Waals surface area contributed by atoms with Crippen molar-refractivity contribution in [1.82, 2.24) is 15.5 Å². The maximum Gasteiger partial charge on any atom is 0.325 e. The lowest BCUT2D eigenvalue weighted by molar-refractivity contribution is -0.131. The lowest BCUT2D eigenvalue weighted by Crippen LogP contribution is -2.44. The second-order valence-corrected chi connectivity index (χ2v) is 7.99. The molecule has 1 spiro atoms. The molecule has 1 aliphatic heterocycles. The van der Waals surface area contributed by atoms with E-state index in [0.717, 1.165) is 44.9 Å². The average Bonchev–Trinajstić information content (AvgIpc) is 3.22. The van der Waals surface area contributed by atoms with E-state index in [1.165, 1.54) is 16.0 Å². The van der Waals surface area contributed by atoms with Crippen LogP contribution in [0.25, 0.3) is 0 Å². The first kappa shape index (κ1) is 18.0. The molecule has 6 heteroatoms. The zero-order valence-electron chi connectivity index (χ0n) is 15.6. The van der Waals surface area contributed by atoms with Crippen molar-refractivity contribution in [2.24, 2.45) is 0 Å². The molecular formula is C21H27N3O3. The largest absolute Gasteiger partial charge is 0.349 e. The lowest BCUT2D eigenvalue weighted by atomic mass is 9.87. The number of nitrogens with one attached hydrogen (secondary N) is 2. The van der Waals surface area contributed by atoms with Crippen molar-refractivity contribution >= 4 is 17.8 Å². The minimum atomic E-state index is -0.662. The Morgan fingerprint density at radius 2 is 1.96 bits per heavy atom. The minimum absolute atomic E-state index is 0.0145. The van der Waals surface area contributed by atoms with Gasteiger partial charge in [0, 0.05) is 13.0 Å². The highest BCUT2D eigenvalue weighted by Crippen LogP contribution is 2.35. The first-order valence-electron chi connectivity index (χ1n) is 10.1. The molecule has 1 saturated carbocycles. The third-order valence-electron chi connectivity index (χ3n) is 6.19. The van der Waals surface area contributed by atoms with Crippen molar-refractivity contribution in [2.45, 2.75) is 69.4 Å². The number of hydrogen-bond donors (Lipinski definition) is 2. The molecule has 1 heterocycles. The summed E-state index contributed by atoms with van der Waals surface area (Å²) in [7, 11) is 0. The number of aryl methyl sites for hydroxylation is 1. The van der Waals surface area contributed by atoms with E-state index in [2.05, 4.69) is 22.8 Å². The molecule has 0 bridgehead atoms. The van der Waals surface area contributed by atoms with Crippen molar-refractivity contribution in [1.29, 1.82) is 0 Å². The summed E-state index contributed by atoms with van der Waals surface area (Å²) in [5, 5.41) is 6.01. The van der Waals surface area contributed by atoms with Crippen molar-refractivity contribution in [3.63, 3.8) is 0 Å². The molecule has 2 N–H and O–H groups in total. The third kappa shape index (κ3) is 3.45. The molecule has 4 rings (SSSR count).